The highest BCUT2D eigenvalue weighted by atomic mass is 35.5. The van der Waals surface area contributed by atoms with Gasteiger partial charge in [-0.25, -0.2) is 8.78 Å². The van der Waals surface area contributed by atoms with E-state index in [1.54, 1.807) is 0 Å². The zero-order valence-corrected chi connectivity index (χ0v) is 7.17. The van der Waals surface area contributed by atoms with Gasteiger partial charge in [0.2, 0.25) is 0 Å². The first-order valence-electron chi connectivity index (χ1n) is 3.47. The summed E-state index contributed by atoms with van der Waals surface area (Å²) in [5, 5.41) is 18.2. The van der Waals surface area contributed by atoms with Gasteiger partial charge < -0.3 is 10.2 Å². The SMILES string of the molecule is Oc1ccc(Cl)cc1C(O)C(F)F. The Bertz CT molecular complexity index is 304. The van der Waals surface area contributed by atoms with Crippen molar-refractivity contribution in [1.29, 1.82) is 0 Å². The highest BCUT2D eigenvalue weighted by Gasteiger charge is 2.22. The van der Waals surface area contributed by atoms with Gasteiger partial charge in [-0.2, -0.15) is 0 Å². The Balaban J connectivity index is 3.05. The maximum atomic E-state index is 12.0. The summed E-state index contributed by atoms with van der Waals surface area (Å²) < 4.78 is 24.0. The molecule has 0 spiro atoms. The molecule has 0 heterocycles. The molecule has 0 aliphatic carbocycles. The topological polar surface area (TPSA) is 40.5 Å². The molecule has 1 unspecified atom stereocenters. The summed E-state index contributed by atoms with van der Waals surface area (Å²) in [5.74, 6) is -0.391. The monoisotopic (exact) mass is 208 g/mol. The average Bonchev–Trinajstić information content (AvgIpc) is 2.08. The Morgan fingerprint density at radius 2 is 1.92 bits per heavy atom. The van der Waals surface area contributed by atoms with Crippen molar-refractivity contribution in [1.82, 2.24) is 0 Å². The largest absolute Gasteiger partial charge is 0.508 e. The molecule has 0 fully saturated rings. The van der Waals surface area contributed by atoms with E-state index in [2.05, 4.69) is 0 Å². The minimum Gasteiger partial charge on any atom is -0.508 e. The van der Waals surface area contributed by atoms with Crippen LogP contribution < -0.4 is 0 Å². The lowest BCUT2D eigenvalue weighted by atomic mass is 10.1. The van der Waals surface area contributed by atoms with Crippen LogP contribution in [0.15, 0.2) is 18.2 Å². The van der Waals surface area contributed by atoms with Gasteiger partial charge in [0.1, 0.15) is 11.9 Å². The Morgan fingerprint density at radius 1 is 1.31 bits per heavy atom. The molecule has 1 atom stereocenters. The van der Waals surface area contributed by atoms with Crippen LogP contribution >= 0.6 is 11.6 Å². The van der Waals surface area contributed by atoms with Crippen LogP contribution in [0.3, 0.4) is 0 Å². The van der Waals surface area contributed by atoms with E-state index >= 15 is 0 Å². The van der Waals surface area contributed by atoms with Gasteiger partial charge in [-0.05, 0) is 18.2 Å². The van der Waals surface area contributed by atoms with Crippen LogP contribution in [0.2, 0.25) is 5.02 Å². The number of aliphatic hydroxyl groups excluding tert-OH is 1. The number of aliphatic hydroxyl groups is 1. The van der Waals surface area contributed by atoms with E-state index in [1.807, 2.05) is 0 Å². The third kappa shape index (κ3) is 2.29. The summed E-state index contributed by atoms with van der Waals surface area (Å²) in [6.45, 7) is 0. The molecular weight excluding hydrogens is 202 g/mol. The third-order valence-electron chi connectivity index (χ3n) is 1.55. The van der Waals surface area contributed by atoms with Gasteiger partial charge in [-0.3, -0.25) is 0 Å². The fraction of sp³-hybridized carbons (Fsp3) is 0.250. The van der Waals surface area contributed by atoms with Gasteiger partial charge in [-0.15, -0.1) is 0 Å². The van der Waals surface area contributed by atoms with Crippen molar-refractivity contribution < 1.29 is 19.0 Å². The Kier molecular flexibility index (Phi) is 3.06. The highest BCUT2D eigenvalue weighted by molar-refractivity contribution is 6.30. The predicted molar refractivity (Wildman–Crippen MR) is 44.1 cm³/mol. The third-order valence-corrected chi connectivity index (χ3v) is 1.78. The second-order valence-electron chi connectivity index (χ2n) is 2.48. The predicted octanol–water partition coefficient (Wildman–Crippen LogP) is 2.34. The van der Waals surface area contributed by atoms with Gasteiger partial charge in [0.25, 0.3) is 6.43 Å². The number of rotatable bonds is 2. The van der Waals surface area contributed by atoms with Gasteiger partial charge in [-0.1, -0.05) is 11.6 Å². The molecule has 2 nitrogen and oxygen atoms in total. The molecule has 2 N–H and O–H groups in total. The average molecular weight is 209 g/mol. The van der Waals surface area contributed by atoms with E-state index in [-0.39, 0.29) is 10.6 Å². The molecular formula is C8H7ClF2O2. The van der Waals surface area contributed by atoms with Crippen LogP contribution in [0, 0.1) is 0 Å². The molecule has 0 aromatic heterocycles. The molecule has 0 bridgehead atoms. The van der Waals surface area contributed by atoms with Gasteiger partial charge in [0.05, 0.1) is 0 Å². The summed E-state index contributed by atoms with van der Waals surface area (Å²) in [5.41, 5.74) is -0.262. The lowest BCUT2D eigenvalue weighted by Crippen LogP contribution is -2.07. The van der Waals surface area contributed by atoms with E-state index in [4.69, 9.17) is 21.8 Å². The van der Waals surface area contributed by atoms with Crippen molar-refractivity contribution in [3.8, 4) is 5.75 Å². The molecule has 5 heteroatoms. The summed E-state index contributed by atoms with van der Waals surface area (Å²) in [6, 6.07) is 3.61. The van der Waals surface area contributed by atoms with Crippen LogP contribution in [-0.4, -0.2) is 16.6 Å². The maximum absolute atomic E-state index is 12.0. The van der Waals surface area contributed by atoms with Crippen LogP contribution in [0.5, 0.6) is 5.75 Å². The number of aromatic hydroxyl groups is 1. The van der Waals surface area contributed by atoms with E-state index < -0.39 is 18.3 Å². The van der Waals surface area contributed by atoms with Crippen molar-refractivity contribution in [2.75, 3.05) is 0 Å². The standard InChI is InChI=1S/C8H7ClF2O2/c9-4-1-2-6(12)5(3-4)7(13)8(10)11/h1-3,7-8,12-13H. The number of phenols is 1. The minimum absolute atomic E-state index is 0.188. The van der Waals surface area contributed by atoms with Crippen LogP contribution in [-0.2, 0) is 0 Å². The van der Waals surface area contributed by atoms with Crippen LogP contribution in [0.1, 0.15) is 11.7 Å². The molecule has 13 heavy (non-hydrogen) atoms. The second-order valence-corrected chi connectivity index (χ2v) is 2.92. The van der Waals surface area contributed by atoms with Crippen molar-refractivity contribution in [3.63, 3.8) is 0 Å². The fourth-order valence-electron chi connectivity index (χ4n) is 0.898. The summed E-state index contributed by atoms with van der Waals surface area (Å²) in [4.78, 5) is 0. The van der Waals surface area contributed by atoms with E-state index in [1.165, 1.54) is 6.07 Å². The fourth-order valence-corrected chi connectivity index (χ4v) is 1.08. The lowest BCUT2D eigenvalue weighted by Gasteiger charge is -2.11. The first-order valence-corrected chi connectivity index (χ1v) is 3.85. The molecule has 0 aliphatic heterocycles. The molecule has 0 saturated carbocycles. The Hall–Kier alpha value is -0.870. The summed E-state index contributed by atoms with van der Waals surface area (Å²) >= 11 is 5.50. The van der Waals surface area contributed by atoms with Gasteiger partial charge in [0, 0.05) is 10.6 Å². The van der Waals surface area contributed by atoms with Crippen LogP contribution in [0.25, 0.3) is 0 Å². The maximum Gasteiger partial charge on any atom is 0.268 e. The highest BCUT2D eigenvalue weighted by Crippen LogP contribution is 2.30. The number of hydrogen-bond donors (Lipinski definition) is 2. The smallest absolute Gasteiger partial charge is 0.268 e. The number of hydrogen-bond acceptors (Lipinski definition) is 2. The summed E-state index contributed by atoms with van der Waals surface area (Å²) in [6.07, 6.45) is -4.94. The molecule has 0 saturated heterocycles. The molecule has 1 rings (SSSR count). The number of halogens is 3. The molecule has 0 amide bonds. The Morgan fingerprint density at radius 3 is 2.46 bits per heavy atom. The van der Waals surface area contributed by atoms with E-state index in [0.717, 1.165) is 12.1 Å². The van der Waals surface area contributed by atoms with Gasteiger partial charge >= 0.3 is 0 Å². The second kappa shape index (κ2) is 3.89. The number of benzene rings is 1. The molecule has 0 aliphatic rings. The van der Waals surface area contributed by atoms with E-state index in [0.29, 0.717) is 0 Å². The molecule has 1 aromatic carbocycles. The molecule has 1 aromatic rings. The molecule has 72 valence electrons. The van der Waals surface area contributed by atoms with Crippen molar-refractivity contribution in [3.05, 3.63) is 28.8 Å². The normalized spacial score (nSPS) is 13.3. The molecule has 0 radical (unpaired) electrons. The van der Waals surface area contributed by atoms with Crippen LogP contribution in [0.4, 0.5) is 8.78 Å². The zero-order valence-electron chi connectivity index (χ0n) is 6.42. The summed E-state index contributed by atoms with van der Waals surface area (Å²) in [7, 11) is 0. The first kappa shape index (κ1) is 10.2. The van der Waals surface area contributed by atoms with Crippen molar-refractivity contribution in [2.45, 2.75) is 12.5 Å². The van der Waals surface area contributed by atoms with Crippen molar-refractivity contribution >= 4 is 11.6 Å². The van der Waals surface area contributed by atoms with Crippen molar-refractivity contribution in [2.24, 2.45) is 0 Å². The number of alkyl halides is 2. The Labute approximate surface area is 78.4 Å². The van der Waals surface area contributed by atoms with Gasteiger partial charge in [0.15, 0.2) is 0 Å². The zero-order chi connectivity index (χ0) is 10.0. The van der Waals surface area contributed by atoms with E-state index in [9.17, 15) is 8.78 Å². The first-order chi connectivity index (χ1) is 6.02. The lowest BCUT2D eigenvalue weighted by molar-refractivity contribution is -0.00697. The number of phenolic OH excluding ortho intramolecular Hbond substituents is 1. The quantitative estimate of drug-likeness (QED) is 0.783. The minimum atomic E-state index is -2.94.